The van der Waals surface area contributed by atoms with Crippen LogP contribution in [-0.4, -0.2) is 41.6 Å². The van der Waals surface area contributed by atoms with E-state index in [4.69, 9.17) is 19.7 Å². The zero-order chi connectivity index (χ0) is 25.3. The number of nitrogens with one attached hydrogen (secondary N) is 2. The third-order valence-corrected chi connectivity index (χ3v) is 5.92. The summed E-state index contributed by atoms with van der Waals surface area (Å²) < 4.78 is 16.0. The predicted octanol–water partition coefficient (Wildman–Crippen LogP) is 1.88. The molecule has 2 aromatic rings. The van der Waals surface area contributed by atoms with E-state index in [9.17, 15) is 14.4 Å². The van der Waals surface area contributed by atoms with E-state index in [1.807, 2.05) is 0 Å². The number of nitrogens with zero attached hydrogens (tertiary/aromatic N) is 2. The molecule has 0 atom stereocenters. The lowest BCUT2D eigenvalue weighted by atomic mass is 9.89. The molecule has 0 spiro atoms. The molecule has 4 N–H and O–H groups in total. The first-order valence-electron chi connectivity index (χ1n) is 11.8. The van der Waals surface area contributed by atoms with Crippen LogP contribution in [0.2, 0.25) is 0 Å². The quantitative estimate of drug-likeness (QED) is 0.405. The van der Waals surface area contributed by atoms with Crippen molar-refractivity contribution in [3.8, 4) is 11.5 Å². The number of carbonyl (C=O) groups excluding carboxylic acids is 3. The number of aryl methyl sites for hydroxylation is 1. The molecular weight excluding hydrogens is 454 g/mol. The van der Waals surface area contributed by atoms with E-state index in [0.29, 0.717) is 23.2 Å². The van der Waals surface area contributed by atoms with Crippen LogP contribution >= 0.6 is 0 Å². The standard InChI is InChI=1S/C24H33N5O6/c1-16(30)28-24(11-5-3-4-6-12-24)23-27-22(35-29-23)10-9-21(32)26-14-17-7-8-18(19(13-17)33-2)34-15-20(25)31/h7-8,13H,3-6,9-12,14-15H2,1-2H3,(H2,25,31)(H,26,32)(H,28,30). The normalized spacial score (nSPS) is 15.0. The van der Waals surface area contributed by atoms with Crippen LogP contribution in [0.25, 0.3) is 0 Å². The SMILES string of the molecule is COc1cc(CNC(=O)CCc2nc(C3(NC(C)=O)CCCCCC3)no2)ccc1OCC(N)=O. The lowest BCUT2D eigenvalue weighted by molar-refractivity contribution is -0.122. The molecule has 3 rings (SSSR count). The molecule has 0 radical (unpaired) electrons. The topological polar surface area (TPSA) is 159 Å². The number of hydrogen-bond donors (Lipinski definition) is 3. The van der Waals surface area contributed by atoms with Crippen LogP contribution in [0.15, 0.2) is 22.7 Å². The van der Waals surface area contributed by atoms with Gasteiger partial charge in [0.1, 0.15) is 5.54 Å². The molecule has 11 heteroatoms. The highest BCUT2D eigenvalue weighted by Crippen LogP contribution is 2.34. The van der Waals surface area contributed by atoms with Crippen molar-refractivity contribution in [1.82, 2.24) is 20.8 Å². The van der Waals surface area contributed by atoms with Gasteiger partial charge >= 0.3 is 0 Å². The Bertz CT molecular complexity index is 1030. The molecule has 35 heavy (non-hydrogen) atoms. The number of rotatable bonds is 11. The van der Waals surface area contributed by atoms with E-state index < -0.39 is 11.4 Å². The van der Waals surface area contributed by atoms with Gasteiger partial charge in [0, 0.05) is 26.3 Å². The molecule has 0 bridgehead atoms. The summed E-state index contributed by atoms with van der Waals surface area (Å²) in [4.78, 5) is 39.7. The number of primary amides is 1. The Balaban J connectivity index is 1.54. The van der Waals surface area contributed by atoms with Gasteiger partial charge in [-0.15, -0.1) is 0 Å². The van der Waals surface area contributed by atoms with Crippen molar-refractivity contribution in [3.05, 3.63) is 35.5 Å². The minimum absolute atomic E-state index is 0.123. The number of benzene rings is 1. The Labute approximate surface area is 204 Å². The van der Waals surface area contributed by atoms with Gasteiger partial charge in [0.2, 0.25) is 17.7 Å². The number of amides is 3. The summed E-state index contributed by atoms with van der Waals surface area (Å²) >= 11 is 0. The molecule has 1 heterocycles. The second kappa shape index (κ2) is 12.2. The highest BCUT2D eigenvalue weighted by atomic mass is 16.5. The van der Waals surface area contributed by atoms with E-state index in [-0.39, 0.29) is 37.8 Å². The first kappa shape index (κ1) is 26.0. The van der Waals surface area contributed by atoms with Crippen LogP contribution in [0.1, 0.15) is 69.1 Å². The van der Waals surface area contributed by atoms with Crippen molar-refractivity contribution in [2.45, 2.75) is 70.4 Å². The Kier molecular flexibility index (Phi) is 9.04. The molecule has 1 aliphatic rings. The van der Waals surface area contributed by atoms with Crippen LogP contribution in [0, 0.1) is 0 Å². The third-order valence-electron chi connectivity index (χ3n) is 5.92. The van der Waals surface area contributed by atoms with Crippen LogP contribution in [0.4, 0.5) is 0 Å². The molecule has 3 amide bonds. The van der Waals surface area contributed by atoms with Crippen LogP contribution in [0.5, 0.6) is 11.5 Å². The van der Waals surface area contributed by atoms with Gasteiger partial charge in [-0.25, -0.2) is 0 Å². The summed E-state index contributed by atoms with van der Waals surface area (Å²) in [5.41, 5.74) is 5.29. The summed E-state index contributed by atoms with van der Waals surface area (Å²) in [6.07, 6.45) is 6.18. The van der Waals surface area contributed by atoms with Crippen molar-refractivity contribution in [3.63, 3.8) is 0 Å². The summed E-state index contributed by atoms with van der Waals surface area (Å²) in [6.45, 7) is 1.52. The molecule has 0 saturated heterocycles. The van der Waals surface area contributed by atoms with Crippen LogP contribution in [0.3, 0.4) is 0 Å². The lowest BCUT2D eigenvalue weighted by Crippen LogP contribution is -2.45. The fourth-order valence-corrected chi connectivity index (χ4v) is 4.22. The monoisotopic (exact) mass is 487 g/mol. The minimum atomic E-state index is -0.612. The molecule has 0 aliphatic heterocycles. The Morgan fingerprint density at radius 3 is 2.54 bits per heavy atom. The van der Waals surface area contributed by atoms with Gasteiger partial charge in [-0.05, 0) is 30.5 Å². The number of hydrogen-bond acceptors (Lipinski definition) is 8. The fourth-order valence-electron chi connectivity index (χ4n) is 4.22. The molecule has 1 aromatic carbocycles. The number of ether oxygens (including phenoxy) is 2. The second-order valence-corrected chi connectivity index (χ2v) is 8.71. The molecule has 1 aliphatic carbocycles. The van der Waals surface area contributed by atoms with Gasteiger partial charge in [-0.1, -0.05) is 36.9 Å². The van der Waals surface area contributed by atoms with Gasteiger partial charge in [-0.2, -0.15) is 4.98 Å². The third kappa shape index (κ3) is 7.43. The summed E-state index contributed by atoms with van der Waals surface area (Å²) in [5.74, 6) is 0.779. The number of aromatic nitrogens is 2. The van der Waals surface area contributed by atoms with Gasteiger partial charge in [0.05, 0.1) is 7.11 Å². The van der Waals surface area contributed by atoms with Crippen LogP contribution in [-0.2, 0) is 32.9 Å². The highest BCUT2D eigenvalue weighted by molar-refractivity contribution is 5.76. The minimum Gasteiger partial charge on any atom is -0.493 e. The van der Waals surface area contributed by atoms with E-state index in [2.05, 4.69) is 20.8 Å². The zero-order valence-corrected chi connectivity index (χ0v) is 20.2. The number of methoxy groups -OCH3 is 1. The van der Waals surface area contributed by atoms with E-state index in [1.165, 1.54) is 14.0 Å². The molecular formula is C24H33N5O6. The van der Waals surface area contributed by atoms with Crippen molar-refractivity contribution in [2.24, 2.45) is 5.73 Å². The van der Waals surface area contributed by atoms with E-state index in [1.54, 1.807) is 18.2 Å². The summed E-state index contributed by atoms with van der Waals surface area (Å²) in [5, 5.41) is 10.0. The molecule has 0 unspecified atom stereocenters. The summed E-state index contributed by atoms with van der Waals surface area (Å²) in [7, 11) is 1.48. The average molecular weight is 488 g/mol. The number of nitrogens with two attached hydrogens (primary N) is 1. The van der Waals surface area contributed by atoms with Gasteiger partial charge < -0.3 is 30.4 Å². The van der Waals surface area contributed by atoms with Crippen molar-refractivity contribution in [1.29, 1.82) is 0 Å². The Morgan fingerprint density at radius 2 is 1.89 bits per heavy atom. The molecule has 11 nitrogen and oxygen atoms in total. The Hall–Kier alpha value is -3.63. The van der Waals surface area contributed by atoms with Crippen molar-refractivity contribution < 1.29 is 28.4 Å². The van der Waals surface area contributed by atoms with Crippen molar-refractivity contribution in [2.75, 3.05) is 13.7 Å². The Morgan fingerprint density at radius 1 is 1.14 bits per heavy atom. The molecule has 1 fully saturated rings. The van der Waals surface area contributed by atoms with E-state index >= 15 is 0 Å². The van der Waals surface area contributed by atoms with Gasteiger partial charge in [0.15, 0.2) is 23.9 Å². The molecule has 1 saturated carbocycles. The summed E-state index contributed by atoms with van der Waals surface area (Å²) in [6, 6.07) is 5.13. The first-order valence-corrected chi connectivity index (χ1v) is 11.8. The van der Waals surface area contributed by atoms with Crippen molar-refractivity contribution >= 4 is 17.7 Å². The maximum atomic E-state index is 12.4. The predicted molar refractivity (Wildman–Crippen MR) is 125 cm³/mol. The fraction of sp³-hybridized carbons (Fsp3) is 0.542. The number of carbonyl (C=O) groups is 3. The highest BCUT2D eigenvalue weighted by Gasteiger charge is 2.38. The van der Waals surface area contributed by atoms with E-state index in [0.717, 1.165) is 44.1 Å². The lowest BCUT2D eigenvalue weighted by Gasteiger charge is -2.30. The average Bonchev–Trinajstić information content (AvgIpc) is 3.19. The largest absolute Gasteiger partial charge is 0.493 e. The zero-order valence-electron chi connectivity index (χ0n) is 20.2. The maximum absolute atomic E-state index is 12.4. The second-order valence-electron chi connectivity index (χ2n) is 8.71. The van der Waals surface area contributed by atoms with Gasteiger partial charge in [0.25, 0.3) is 5.91 Å². The first-order chi connectivity index (χ1) is 16.8. The molecule has 1 aromatic heterocycles. The van der Waals surface area contributed by atoms with Gasteiger partial charge in [-0.3, -0.25) is 14.4 Å². The maximum Gasteiger partial charge on any atom is 0.255 e. The van der Waals surface area contributed by atoms with Crippen LogP contribution < -0.4 is 25.8 Å². The smallest absolute Gasteiger partial charge is 0.255 e. The molecule has 190 valence electrons.